The highest BCUT2D eigenvalue weighted by molar-refractivity contribution is 6.19. The summed E-state index contributed by atoms with van der Waals surface area (Å²) in [5, 5.41) is 31.6. The Labute approximate surface area is 275 Å². The maximum atomic E-state index is 14.7. The molecule has 1 aromatic rings. The Morgan fingerprint density at radius 2 is 1.77 bits per heavy atom. The minimum Gasteiger partial charge on any atom is -0.506 e. The van der Waals surface area contributed by atoms with E-state index in [0.717, 1.165) is 5.57 Å². The molecule has 47 heavy (non-hydrogen) atoms. The Morgan fingerprint density at radius 1 is 1.06 bits per heavy atom. The number of hydrogen-bond acceptors (Lipinski definition) is 8. The lowest BCUT2D eigenvalue weighted by atomic mass is 9.51. The van der Waals surface area contributed by atoms with Crippen LogP contribution >= 0.6 is 0 Å². The number of benzene rings is 1. The maximum Gasteiger partial charge on any atom is 0.330 e. The number of aromatic hydroxyl groups is 1. The van der Waals surface area contributed by atoms with Gasteiger partial charge in [-0.15, -0.1) is 0 Å². The van der Waals surface area contributed by atoms with E-state index in [4.69, 9.17) is 14.2 Å². The summed E-state index contributed by atoms with van der Waals surface area (Å²) in [5.41, 5.74) is -3.67. The standard InChI is InChI=1S/C38H44O9/c1-20(2)10-11-24-30-23(13-16-36(8,45-30)15-9-14-34(4,5)44)28(39)27-29(40)25-18-22-19-26-35(6,7)47-37(32(22)41,17-12-21(3)33(42)43)38(25,26)46-31(24)27/h9-10,12-14,16,18,22,26,39,44H,11,15,17,19H2,1-8H3,(H,42,43)/b14-9+,21-12-/t22-,26?,36?,37+,38-/m1/s1. The topological polar surface area (TPSA) is 140 Å². The van der Waals surface area contributed by atoms with Gasteiger partial charge in [-0.05, 0) is 80.4 Å². The number of carbonyl (C=O) groups is 3. The summed E-state index contributed by atoms with van der Waals surface area (Å²) < 4.78 is 20.5. The molecule has 3 heterocycles. The molecular formula is C38H44O9. The highest BCUT2D eigenvalue weighted by Gasteiger charge is 2.81. The number of fused-ring (bicyclic) bond motifs is 2. The summed E-state index contributed by atoms with van der Waals surface area (Å²) in [7, 11) is 0. The third-order valence-electron chi connectivity index (χ3n) is 10.3. The molecule has 1 saturated carbocycles. The van der Waals surface area contributed by atoms with Gasteiger partial charge in [-0.3, -0.25) is 9.59 Å². The van der Waals surface area contributed by atoms with Crippen LogP contribution in [0.3, 0.4) is 0 Å². The van der Waals surface area contributed by atoms with Crippen LogP contribution in [-0.4, -0.2) is 60.9 Å². The van der Waals surface area contributed by atoms with Crippen LogP contribution in [0.2, 0.25) is 0 Å². The van der Waals surface area contributed by atoms with Gasteiger partial charge in [-0.1, -0.05) is 36.0 Å². The van der Waals surface area contributed by atoms with Crippen molar-refractivity contribution >= 4 is 23.6 Å². The molecule has 3 aliphatic carbocycles. The molecular weight excluding hydrogens is 600 g/mol. The Morgan fingerprint density at radius 3 is 2.40 bits per heavy atom. The van der Waals surface area contributed by atoms with E-state index < -0.39 is 51.6 Å². The van der Waals surface area contributed by atoms with Gasteiger partial charge in [-0.25, -0.2) is 4.79 Å². The maximum absolute atomic E-state index is 14.7. The zero-order valence-corrected chi connectivity index (χ0v) is 28.3. The van der Waals surface area contributed by atoms with Crippen LogP contribution in [0, 0.1) is 11.8 Å². The molecule has 9 heteroatoms. The van der Waals surface area contributed by atoms with E-state index in [1.807, 2.05) is 52.8 Å². The first-order valence-electron chi connectivity index (χ1n) is 16.2. The molecule has 250 valence electrons. The average Bonchev–Trinajstić information content (AvgIpc) is 3.11. The van der Waals surface area contributed by atoms with Crippen molar-refractivity contribution in [1.82, 2.24) is 0 Å². The summed E-state index contributed by atoms with van der Waals surface area (Å²) in [5.74, 6) is -2.58. The smallest absolute Gasteiger partial charge is 0.330 e. The van der Waals surface area contributed by atoms with E-state index >= 15 is 0 Å². The number of Topliss-reactive ketones (excluding diaryl/α,β-unsaturated/α-hetero) is 2. The second kappa shape index (κ2) is 10.5. The largest absolute Gasteiger partial charge is 0.506 e. The first kappa shape index (κ1) is 33.0. The monoisotopic (exact) mass is 644 g/mol. The molecule has 0 amide bonds. The number of aliphatic hydroxyl groups is 1. The summed E-state index contributed by atoms with van der Waals surface area (Å²) in [6.45, 7) is 14.4. The van der Waals surface area contributed by atoms with E-state index in [2.05, 4.69) is 0 Å². The average molecular weight is 645 g/mol. The van der Waals surface area contributed by atoms with Crippen LogP contribution in [-0.2, 0) is 20.7 Å². The minimum absolute atomic E-state index is 0.0150. The summed E-state index contributed by atoms with van der Waals surface area (Å²) >= 11 is 0. The molecule has 1 saturated heterocycles. The van der Waals surface area contributed by atoms with Crippen molar-refractivity contribution in [3.05, 3.63) is 69.9 Å². The predicted molar refractivity (Wildman–Crippen MR) is 176 cm³/mol. The van der Waals surface area contributed by atoms with Crippen molar-refractivity contribution in [3.63, 3.8) is 0 Å². The number of aliphatic carboxylic acids is 1. The summed E-state index contributed by atoms with van der Waals surface area (Å²) in [4.78, 5) is 40.8. The fourth-order valence-corrected chi connectivity index (χ4v) is 8.08. The molecule has 0 radical (unpaired) electrons. The van der Waals surface area contributed by atoms with Crippen molar-refractivity contribution in [2.24, 2.45) is 11.8 Å². The molecule has 1 spiro atoms. The number of rotatable bonds is 8. The summed E-state index contributed by atoms with van der Waals surface area (Å²) in [6, 6.07) is 0. The van der Waals surface area contributed by atoms with Crippen LogP contribution in [0.4, 0.5) is 0 Å². The van der Waals surface area contributed by atoms with Gasteiger partial charge in [0.1, 0.15) is 28.4 Å². The van der Waals surface area contributed by atoms with E-state index in [0.29, 0.717) is 36.1 Å². The van der Waals surface area contributed by atoms with Gasteiger partial charge in [0.05, 0.1) is 16.8 Å². The molecule has 0 aromatic heterocycles. The van der Waals surface area contributed by atoms with Crippen LogP contribution in [0.1, 0.15) is 96.1 Å². The predicted octanol–water partition coefficient (Wildman–Crippen LogP) is 6.21. The fraction of sp³-hybridized carbons (Fsp3) is 0.500. The van der Waals surface area contributed by atoms with Gasteiger partial charge < -0.3 is 29.5 Å². The Hall–Kier alpha value is -3.95. The number of hydrogen-bond donors (Lipinski definition) is 3. The second-order valence-corrected chi connectivity index (χ2v) is 15.2. The molecule has 5 atom stereocenters. The van der Waals surface area contributed by atoms with Gasteiger partial charge in [-0.2, -0.15) is 0 Å². The third-order valence-corrected chi connectivity index (χ3v) is 10.3. The number of ether oxygens (including phenoxy) is 3. The van der Waals surface area contributed by atoms with Crippen molar-refractivity contribution in [2.75, 3.05) is 0 Å². The normalized spacial score (nSPS) is 31.5. The molecule has 1 aromatic carbocycles. The zero-order valence-electron chi connectivity index (χ0n) is 28.3. The number of ketones is 2. The summed E-state index contributed by atoms with van der Waals surface area (Å²) in [6.07, 6.45) is 13.3. The van der Waals surface area contributed by atoms with Crippen LogP contribution in [0.5, 0.6) is 17.2 Å². The van der Waals surface area contributed by atoms with Crippen LogP contribution in [0.25, 0.3) is 6.08 Å². The fourth-order valence-electron chi connectivity index (χ4n) is 8.08. The number of phenolic OH excluding ortho intramolecular Hbond substituents is 1. The van der Waals surface area contributed by atoms with Crippen molar-refractivity contribution in [3.8, 4) is 17.2 Å². The molecule has 3 N–H and O–H groups in total. The van der Waals surface area contributed by atoms with Gasteiger partial charge >= 0.3 is 5.97 Å². The van der Waals surface area contributed by atoms with E-state index in [1.54, 1.807) is 32.1 Å². The Balaban J connectivity index is 1.58. The molecule has 2 fully saturated rings. The number of allylic oxidation sites excluding steroid dienone is 3. The lowest BCUT2D eigenvalue weighted by molar-refractivity contribution is -0.171. The number of carboxylic acid groups (broad SMARTS) is 1. The van der Waals surface area contributed by atoms with Crippen molar-refractivity contribution in [1.29, 1.82) is 0 Å². The number of carbonyl (C=O) groups excluding carboxylic acids is 2. The van der Waals surface area contributed by atoms with E-state index in [9.17, 15) is 29.7 Å². The van der Waals surface area contributed by atoms with Crippen LogP contribution < -0.4 is 9.47 Å². The first-order valence-corrected chi connectivity index (χ1v) is 16.2. The highest BCUT2D eigenvalue weighted by atomic mass is 16.6. The number of phenols is 1. The molecule has 7 rings (SSSR count). The van der Waals surface area contributed by atoms with Gasteiger partial charge in [0, 0.05) is 41.4 Å². The van der Waals surface area contributed by atoms with Gasteiger partial charge in [0.15, 0.2) is 22.8 Å². The number of carboxylic acids is 1. The van der Waals surface area contributed by atoms with Gasteiger partial charge in [0.25, 0.3) is 0 Å². The van der Waals surface area contributed by atoms with Crippen molar-refractivity contribution < 1.29 is 43.9 Å². The first-order chi connectivity index (χ1) is 21.8. The molecule has 4 bridgehead atoms. The highest BCUT2D eigenvalue weighted by Crippen LogP contribution is 2.68. The molecule has 3 aliphatic heterocycles. The lowest BCUT2D eigenvalue weighted by Gasteiger charge is -2.56. The SMILES string of the molecule is CC(C)=CCc1c2c(c(O)c3c1O[C@]14C(=C[C@@H]5CC1C(C)(C)O[C@@]4(C/C=C(/C)C(=O)O)C5=O)C3=O)C=CC(C)(C/C=C/C(C)(C)O)O2. The lowest BCUT2D eigenvalue weighted by Crippen LogP contribution is -2.72. The zero-order chi connectivity index (χ0) is 34.5. The second-order valence-electron chi connectivity index (χ2n) is 15.2. The third kappa shape index (κ3) is 4.84. The molecule has 2 unspecified atom stereocenters. The van der Waals surface area contributed by atoms with Gasteiger partial charge in [0.2, 0.25) is 0 Å². The van der Waals surface area contributed by atoms with E-state index in [1.165, 1.54) is 13.0 Å². The molecule has 6 aliphatic rings. The Bertz CT molecular complexity index is 1760. The van der Waals surface area contributed by atoms with Crippen LogP contribution in [0.15, 0.2) is 53.2 Å². The molecule has 9 nitrogen and oxygen atoms in total. The minimum atomic E-state index is -1.66. The quantitative estimate of drug-likeness (QED) is 0.223. The Kier molecular flexibility index (Phi) is 7.38. The van der Waals surface area contributed by atoms with E-state index in [-0.39, 0.29) is 40.4 Å². The van der Waals surface area contributed by atoms with Crippen molar-refractivity contribution in [2.45, 2.75) is 109 Å².